The molecular formula is C6H8N8O. The lowest BCUT2D eigenvalue weighted by Gasteiger charge is -1.98. The van der Waals surface area contributed by atoms with Crippen LogP contribution in [-0.4, -0.2) is 36.3 Å². The van der Waals surface area contributed by atoms with Crippen molar-refractivity contribution in [2.75, 3.05) is 5.73 Å². The first-order valence-electron chi connectivity index (χ1n) is 4.06. The van der Waals surface area contributed by atoms with Crippen molar-refractivity contribution in [3.63, 3.8) is 0 Å². The van der Waals surface area contributed by atoms with Crippen LogP contribution in [0, 0.1) is 0 Å². The normalized spacial score (nSPS) is 10.1. The molecule has 0 atom stereocenters. The van der Waals surface area contributed by atoms with Crippen molar-refractivity contribution in [1.29, 1.82) is 0 Å². The summed E-state index contributed by atoms with van der Waals surface area (Å²) in [4.78, 5) is 18.9. The largest absolute Gasteiger partial charge is 0.366 e. The fraction of sp³-hybridized carbons (Fsp3) is 0.167. The maximum absolute atomic E-state index is 11.4. The summed E-state index contributed by atoms with van der Waals surface area (Å²) in [5.74, 6) is 0.235. The monoisotopic (exact) mass is 208 g/mol. The third-order valence-corrected chi connectivity index (χ3v) is 1.60. The van der Waals surface area contributed by atoms with Gasteiger partial charge in [-0.3, -0.25) is 15.0 Å². The molecule has 9 nitrogen and oxygen atoms in total. The van der Waals surface area contributed by atoms with Crippen LogP contribution >= 0.6 is 0 Å². The molecule has 2 rings (SSSR count). The zero-order valence-electron chi connectivity index (χ0n) is 7.56. The highest BCUT2D eigenvalue weighted by Gasteiger charge is 2.10. The summed E-state index contributed by atoms with van der Waals surface area (Å²) in [5, 5.41) is 14.7. The molecule has 2 aromatic rings. The number of nitrogens with one attached hydrogen (secondary N) is 3. The number of aromatic nitrogens is 6. The van der Waals surface area contributed by atoms with Crippen LogP contribution in [0.4, 0.5) is 5.95 Å². The summed E-state index contributed by atoms with van der Waals surface area (Å²) in [5.41, 5.74) is 5.25. The Morgan fingerprint density at radius 3 is 3.00 bits per heavy atom. The number of anilines is 1. The van der Waals surface area contributed by atoms with E-state index in [9.17, 15) is 4.79 Å². The van der Waals surface area contributed by atoms with Gasteiger partial charge in [0.05, 0.1) is 6.54 Å². The predicted molar refractivity (Wildman–Crippen MR) is 48.3 cm³/mol. The number of hydrogen-bond donors (Lipinski definition) is 4. The molecule has 0 aliphatic rings. The minimum atomic E-state index is -0.407. The van der Waals surface area contributed by atoms with Crippen LogP contribution in [0.1, 0.15) is 16.4 Å². The van der Waals surface area contributed by atoms with E-state index in [-0.39, 0.29) is 18.3 Å². The number of hydrogen-bond acceptors (Lipinski definition) is 6. The van der Waals surface area contributed by atoms with Crippen LogP contribution in [-0.2, 0) is 6.54 Å². The van der Waals surface area contributed by atoms with E-state index in [2.05, 4.69) is 35.7 Å². The Morgan fingerprint density at radius 2 is 2.40 bits per heavy atom. The van der Waals surface area contributed by atoms with E-state index >= 15 is 0 Å². The maximum atomic E-state index is 11.4. The molecule has 78 valence electrons. The van der Waals surface area contributed by atoms with Crippen molar-refractivity contribution in [2.45, 2.75) is 6.54 Å². The molecule has 0 aliphatic heterocycles. The summed E-state index contributed by atoms with van der Waals surface area (Å²) in [6, 6.07) is 0. The van der Waals surface area contributed by atoms with Gasteiger partial charge in [0.15, 0.2) is 0 Å². The second-order valence-corrected chi connectivity index (χ2v) is 2.66. The first kappa shape index (κ1) is 9.12. The Balaban J connectivity index is 1.93. The van der Waals surface area contributed by atoms with Crippen LogP contribution in [0.5, 0.6) is 0 Å². The number of carbonyl (C=O) groups excluding carboxylic acids is 1. The second-order valence-electron chi connectivity index (χ2n) is 2.66. The summed E-state index contributed by atoms with van der Waals surface area (Å²) in [6.07, 6.45) is 1.36. The predicted octanol–water partition coefficient (Wildman–Crippen LogP) is -1.57. The topological polar surface area (TPSA) is 138 Å². The van der Waals surface area contributed by atoms with E-state index < -0.39 is 5.91 Å². The first-order chi connectivity index (χ1) is 7.25. The molecule has 0 spiro atoms. The zero-order valence-corrected chi connectivity index (χ0v) is 7.56. The first-order valence-corrected chi connectivity index (χ1v) is 4.06. The van der Waals surface area contributed by atoms with Gasteiger partial charge in [0.25, 0.3) is 5.91 Å². The molecular weight excluding hydrogens is 200 g/mol. The standard InChI is InChI=1S/C6H8N8O/c7-6-11-4(13-14-6)5(15)8-1-3-9-2-10-12-3/h2H,1H2,(H,8,15)(H,9,10,12)(H3,7,11,13,14). The molecule has 0 bridgehead atoms. The Labute approximate surface area is 83.5 Å². The average Bonchev–Trinajstić information content (AvgIpc) is 2.84. The van der Waals surface area contributed by atoms with Gasteiger partial charge in [-0.15, -0.1) is 5.10 Å². The van der Waals surface area contributed by atoms with Gasteiger partial charge in [-0.25, -0.2) is 4.98 Å². The smallest absolute Gasteiger partial charge is 0.289 e. The molecule has 0 aromatic carbocycles. The van der Waals surface area contributed by atoms with Crippen molar-refractivity contribution in [3.05, 3.63) is 18.0 Å². The van der Waals surface area contributed by atoms with Crippen LogP contribution < -0.4 is 11.1 Å². The van der Waals surface area contributed by atoms with Crippen molar-refractivity contribution in [1.82, 2.24) is 35.7 Å². The Bertz CT molecular complexity index is 445. The van der Waals surface area contributed by atoms with Crippen molar-refractivity contribution < 1.29 is 4.79 Å². The molecule has 15 heavy (non-hydrogen) atoms. The summed E-state index contributed by atoms with van der Waals surface area (Å²) >= 11 is 0. The Morgan fingerprint density at radius 1 is 1.53 bits per heavy atom. The van der Waals surface area contributed by atoms with Crippen molar-refractivity contribution in [3.8, 4) is 0 Å². The van der Waals surface area contributed by atoms with Gasteiger partial charge in [0.1, 0.15) is 12.2 Å². The van der Waals surface area contributed by atoms with Gasteiger partial charge in [-0.1, -0.05) is 0 Å². The molecule has 5 N–H and O–H groups in total. The molecule has 9 heteroatoms. The molecule has 0 saturated heterocycles. The minimum absolute atomic E-state index is 0.0276. The van der Waals surface area contributed by atoms with Crippen LogP contribution in [0.15, 0.2) is 6.33 Å². The third-order valence-electron chi connectivity index (χ3n) is 1.60. The summed E-state index contributed by atoms with van der Waals surface area (Å²) in [7, 11) is 0. The van der Waals surface area contributed by atoms with Gasteiger partial charge in [0, 0.05) is 0 Å². The fourth-order valence-corrected chi connectivity index (χ4v) is 0.940. The van der Waals surface area contributed by atoms with E-state index in [1.807, 2.05) is 0 Å². The molecule has 0 radical (unpaired) electrons. The van der Waals surface area contributed by atoms with Gasteiger partial charge >= 0.3 is 0 Å². The minimum Gasteiger partial charge on any atom is -0.366 e. The molecule has 0 saturated carbocycles. The quantitative estimate of drug-likeness (QED) is 0.481. The van der Waals surface area contributed by atoms with E-state index in [1.165, 1.54) is 6.33 Å². The van der Waals surface area contributed by atoms with Crippen molar-refractivity contribution in [2.24, 2.45) is 0 Å². The number of H-pyrrole nitrogens is 2. The number of nitrogens with zero attached hydrogens (tertiary/aromatic N) is 4. The zero-order chi connectivity index (χ0) is 10.7. The van der Waals surface area contributed by atoms with Gasteiger partial charge in [-0.2, -0.15) is 10.1 Å². The van der Waals surface area contributed by atoms with Crippen molar-refractivity contribution >= 4 is 11.9 Å². The van der Waals surface area contributed by atoms with Gasteiger partial charge < -0.3 is 11.1 Å². The highest BCUT2D eigenvalue weighted by atomic mass is 16.2. The second kappa shape index (κ2) is 3.74. The van der Waals surface area contributed by atoms with Gasteiger partial charge in [-0.05, 0) is 0 Å². The van der Waals surface area contributed by atoms with Gasteiger partial charge in [0.2, 0.25) is 11.8 Å². The number of nitrogens with two attached hydrogens (primary N) is 1. The molecule has 0 unspecified atom stereocenters. The Kier molecular flexibility index (Phi) is 2.27. The lowest BCUT2D eigenvalue weighted by molar-refractivity contribution is 0.0940. The number of aromatic amines is 2. The summed E-state index contributed by atoms with van der Waals surface area (Å²) < 4.78 is 0. The fourth-order valence-electron chi connectivity index (χ4n) is 0.940. The lowest BCUT2D eigenvalue weighted by Crippen LogP contribution is -2.24. The van der Waals surface area contributed by atoms with E-state index in [0.717, 1.165) is 0 Å². The average molecular weight is 208 g/mol. The summed E-state index contributed by atoms with van der Waals surface area (Å²) in [6.45, 7) is 0.236. The number of amides is 1. The number of rotatable bonds is 3. The van der Waals surface area contributed by atoms with Crippen LogP contribution in [0.3, 0.4) is 0 Å². The SMILES string of the molecule is Nc1n[nH]c(C(=O)NCc2ncn[nH]2)n1. The van der Waals surface area contributed by atoms with Crippen LogP contribution in [0.2, 0.25) is 0 Å². The molecule has 2 aromatic heterocycles. The lowest BCUT2D eigenvalue weighted by atomic mass is 10.5. The highest BCUT2D eigenvalue weighted by Crippen LogP contribution is 1.93. The Hall–Kier alpha value is -2.45. The molecule has 0 fully saturated rings. The van der Waals surface area contributed by atoms with E-state index in [4.69, 9.17) is 5.73 Å². The maximum Gasteiger partial charge on any atom is 0.289 e. The molecule has 1 amide bonds. The van der Waals surface area contributed by atoms with E-state index in [0.29, 0.717) is 5.82 Å². The molecule has 0 aliphatic carbocycles. The van der Waals surface area contributed by atoms with E-state index in [1.54, 1.807) is 0 Å². The number of nitrogen functional groups attached to an aromatic ring is 1. The molecule has 2 heterocycles. The third kappa shape index (κ3) is 2.07. The highest BCUT2D eigenvalue weighted by molar-refractivity contribution is 5.90. The number of carbonyl (C=O) groups is 1. The van der Waals surface area contributed by atoms with Crippen LogP contribution in [0.25, 0.3) is 0 Å².